The minimum absolute atomic E-state index is 0.00398. The number of amides is 2. The first-order valence-electron chi connectivity index (χ1n) is 14.3. The zero-order valence-electron chi connectivity index (χ0n) is 25.8. The van der Waals surface area contributed by atoms with Crippen molar-refractivity contribution >= 4 is 105 Å². The summed E-state index contributed by atoms with van der Waals surface area (Å²) in [6, 6.07) is 2.64. The van der Waals surface area contributed by atoms with Gasteiger partial charge in [0.25, 0.3) is 11.8 Å². The number of hydrogen-bond acceptors (Lipinski definition) is 17. The van der Waals surface area contributed by atoms with E-state index in [0.29, 0.717) is 0 Å². The van der Waals surface area contributed by atoms with Crippen molar-refractivity contribution in [2.45, 2.75) is 38.0 Å². The van der Waals surface area contributed by atoms with Crippen LogP contribution in [0.2, 0.25) is 0 Å². The van der Waals surface area contributed by atoms with Gasteiger partial charge in [0.05, 0.1) is 43.0 Å². The topological polar surface area (TPSA) is 198 Å². The average Bonchev–Trinajstić information content (AvgIpc) is 3.08. The molecule has 0 spiro atoms. The monoisotopic (exact) mass is 776 g/mol. The Bertz CT molecular complexity index is 1410. The van der Waals surface area contributed by atoms with Crippen LogP contribution >= 0.6 is 71.2 Å². The highest BCUT2D eigenvalue weighted by molar-refractivity contribution is 8.76. The predicted octanol–water partition coefficient (Wildman–Crippen LogP) is 1.71. The Morgan fingerprint density at radius 3 is 1.85 bits per heavy atom. The fraction of sp³-hybridized carbons (Fsp3) is 0.429. The second-order valence-corrected chi connectivity index (χ2v) is 13.4. The maximum absolute atomic E-state index is 13.6. The van der Waals surface area contributed by atoms with Gasteiger partial charge in [-0.05, 0) is 54.5 Å². The van der Waals surface area contributed by atoms with E-state index in [1.54, 1.807) is 13.8 Å². The quantitative estimate of drug-likeness (QED) is 0.0228. The van der Waals surface area contributed by atoms with Crippen LogP contribution in [-0.4, -0.2) is 111 Å². The first kappa shape index (κ1) is 41.7. The molecule has 0 aliphatic carbocycles. The van der Waals surface area contributed by atoms with Gasteiger partial charge in [0, 0.05) is 29.7 Å². The van der Waals surface area contributed by atoms with Gasteiger partial charge in [-0.1, -0.05) is 35.0 Å². The Kier molecular flexibility index (Phi) is 20.1. The Labute approximate surface area is 306 Å². The summed E-state index contributed by atoms with van der Waals surface area (Å²) < 4.78 is 16.1. The highest BCUT2D eigenvalue weighted by Gasteiger charge is 2.29. The lowest BCUT2D eigenvalue weighted by atomic mass is 10.0. The van der Waals surface area contributed by atoms with Gasteiger partial charge >= 0.3 is 11.9 Å². The number of ether oxygens (including phenoxy) is 2. The number of thiocarbonyl (C=S) groups is 1. The molecule has 0 radical (unpaired) electrons. The summed E-state index contributed by atoms with van der Waals surface area (Å²) in [6.07, 6.45) is 2.83. The molecule has 4 atom stereocenters. The van der Waals surface area contributed by atoms with Gasteiger partial charge in [0.15, 0.2) is 0 Å². The molecule has 14 nitrogen and oxygen atoms in total. The van der Waals surface area contributed by atoms with Crippen LogP contribution in [-0.2, 0) is 23.9 Å². The fourth-order valence-electron chi connectivity index (χ4n) is 3.55. The molecule has 2 heterocycles. The molecule has 0 saturated carbocycles. The lowest BCUT2D eigenvalue weighted by molar-refractivity contribution is -0.145. The number of aliphatic hydroxyl groups is 1. The molecule has 0 bridgehead atoms. The van der Waals surface area contributed by atoms with E-state index in [9.17, 15) is 29.1 Å². The van der Waals surface area contributed by atoms with E-state index in [-0.39, 0.29) is 59.6 Å². The maximum Gasteiger partial charge on any atom is 0.329 e. The van der Waals surface area contributed by atoms with Gasteiger partial charge in [0.1, 0.15) is 23.5 Å². The van der Waals surface area contributed by atoms with E-state index in [1.165, 1.54) is 52.8 Å². The van der Waals surface area contributed by atoms with Crippen molar-refractivity contribution < 1.29 is 38.6 Å². The number of thiol groups is 2. The Morgan fingerprint density at radius 1 is 0.896 bits per heavy atom. The van der Waals surface area contributed by atoms with Gasteiger partial charge in [-0.3, -0.25) is 29.1 Å². The van der Waals surface area contributed by atoms with E-state index >= 15 is 0 Å². The highest BCUT2D eigenvalue weighted by atomic mass is 33.1. The predicted molar refractivity (Wildman–Crippen MR) is 198 cm³/mol. The molecule has 0 saturated heterocycles. The van der Waals surface area contributed by atoms with E-state index in [4.69, 9.17) is 21.7 Å². The first-order valence-corrected chi connectivity index (χ1v) is 19.1. The van der Waals surface area contributed by atoms with E-state index in [2.05, 4.69) is 55.3 Å². The summed E-state index contributed by atoms with van der Waals surface area (Å²) in [5.41, 5.74) is 0.119. The molecule has 0 fully saturated rings. The average molecular weight is 777 g/mol. The standard InChI is InChI=1S/C28H36N6O8S6/c1-3-41-26(38)20(14-46-34-19(13-44)28(40)45)31-24(36)17-7-5-9-29-22(17)23-18(8-6-10-30-23)25(37)32-21(27(39)42-4-2)15-47-48-33-16(11-35)12-43/h5-10,12,16,19-21,33-35,44H,3-4,11,13-15H2,1-2H3,(H,31,36)(H,32,37)(H,40,45)/t16-,19+,20?,21?/m1/s1. The largest absolute Gasteiger partial charge is 0.464 e. The third-order valence-electron chi connectivity index (χ3n) is 5.89. The SMILES string of the molecule is CCOC(=O)C(CSN[C@@H](CS)C(=O)S)NC(=O)c1cccnc1-c1ncccc1C(=O)NC(CSSN[C@@H](C=S)CO)C(=O)OCC. The number of carbonyl (C=O) groups is 5. The van der Waals surface area contributed by atoms with Gasteiger partial charge in [-0.25, -0.2) is 14.3 Å². The second-order valence-electron chi connectivity index (χ2n) is 9.27. The molecule has 20 heteroatoms. The zero-order chi connectivity index (χ0) is 35.5. The molecule has 2 aromatic rings. The molecule has 5 N–H and O–H groups in total. The van der Waals surface area contributed by atoms with Crippen molar-refractivity contribution in [1.29, 1.82) is 0 Å². The number of nitrogens with zero attached hydrogens (tertiary/aromatic N) is 2. The first-order chi connectivity index (χ1) is 23.1. The summed E-state index contributed by atoms with van der Waals surface area (Å²) in [4.78, 5) is 72.9. The number of pyridine rings is 2. The van der Waals surface area contributed by atoms with Crippen LogP contribution in [0.15, 0.2) is 36.7 Å². The Morgan fingerprint density at radius 2 is 1.42 bits per heavy atom. The second kappa shape index (κ2) is 23.1. The molecule has 2 unspecified atom stereocenters. The van der Waals surface area contributed by atoms with Gasteiger partial charge in [0.2, 0.25) is 5.12 Å². The highest BCUT2D eigenvalue weighted by Crippen LogP contribution is 2.24. The van der Waals surface area contributed by atoms with Crippen molar-refractivity contribution in [3.05, 3.63) is 47.8 Å². The third kappa shape index (κ3) is 13.5. The third-order valence-corrected chi connectivity index (χ3v) is 9.89. The maximum atomic E-state index is 13.6. The van der Waals surface area contributed by atoms with Gasteiger partial charge in [-0.15, -0.1) is 12.6 Å². The number of esters is 2. The Balaban J connectivity index is 2.31. The number of aromatic nitrogens is 2. The lowest BCUT2D eigenvalue weighted by Gasteiger charge is -2.20. The molecule has 0 aromatic carbocycles. The lowest BCUT2D eigenvalue weighted by Crippen LogP contribution is -2.45. The van der Waals surface area contributed by atoms with Gasteiger partial charge in [-0.2, -0.15) is 12.6 Å². The van der Waals surface area contributed by atoms with Crippen LogP contribution < -0.4 is 20.1 Å². The minimum atomic E-state index is -1.13. The van der Waals surface area contributed by atoms with Gasteiger partial charge < -0.3 is 25.2 Å². The van der Waals surface area contributed by atoms with E-state index in [1.807, 2.05) is 0 Å². The van der Waals surface area contributed by atoms with Crippen molar-refractivity contribution in [1.82, 2.24) is 30.0 Å². The van der Waals surface area contributed by atoms with Crippen LogP contribution in [0.1, 0.15) is 34.6 Å². The molecule has 2 aromatic heterocycles. The van der Waals surface area contributed by atoms with Crippen LogP contribution in [0.4, 0.5) is 0 Å². The number of rotatable bonds is 22. The number of hydrogen-bond donors (Lipinski definition) is 7. The molecular weight excluding hydrogens is 741 g/mol. The smallest absolute Gasteiger partial charge is 0.329 e. The molecule has 2 rings (SSSR count). The van der Waals surface area contributed by atoms with E-state index < -0.39 is 53.0 Å². The molecule has 2 amide bonds. The van der Waals surface area contributed by atoms with Crippen molar-refractivity contribution in [2.24, 2.45) is 0 Å². The van der Waals surface area contributed by atoms with Crippen LogP contribution in [0.3, 0.4) is 0 Å². The molecule has 48 heavy (non-hydrogen) atoms. The van der Waals surface area contributed by atoms with Crippen molar-refractivity contribution in [2.75, 3.05) is 37.1 Å². The normalized spacial score (nSPS) is 13.4. The van der Waals surface area contributed by atoms with E-state index in [0.717, 1.165) is 22.9 Å². The minimum Gasteiger partial charge on any atom is -0.464 e. The summed E-state index contributed by atoms with van der Waals surface area (Å²) in [5.74, 6) is -2.48. The van der Waals surface area contributed by atoms with Crippen molar-refractivity contribution in [3.8, 4) is 11.4 Å². The number of aliphatic hydroxyl groups excluding tert-OH is 1. The molecule has 0 aliphatic heterocycles. The van der Waals surface area contributed by atoms with Crippen LogP contribution in [0, 0.1) is 0 Å². The Hall–Kier alpha value is -2.43. The molecular formula is C28H36N6O8S6. The fourth-order valence-corrected chi connectivity index (χ4v) is 7.38. The summed E-state index contributed by atoms with van der Waals surface area (Å²) in [5, 5.41) is 15.5. The number of carbonyl (C=O) groups excluding carboxylic acids is 5. The van der Waals surface area contributed by atoms with Crippen molar-refractivity contribution in [3.63, 3.8) is 0 Å². The summed E-state index contributed by atoms with van der Waals surface area (Å²) in [6.45, 7) is 3.22. The van der Waals surface area contributed by atoms with Crippen LogP contribution in [0.25, 0.3) is 11.4 Å². The number of nitrogens with one attached hydrogen (secondary N) is 4. The molecule has 262 valence electrons. The molecule has 0 aliphatic rings. The van der Waals surface area contributed by atoms with Crippen LogP contribution in [0.5, 0.6) is 0 Å². The summed E-state index contributed by atoms with van der Waals surface area (Å²) in [7, 11) is 2.35. The summed E-state index contributed by atoms with van der Waals surface area (Å²) >= 11 is 13.8. The zero-order valence-corrected chi connectivity index (χ0v) is 30.9.